The summed E-state index contributed by atoms with van der Waals surface area (Å²) in [4.78, 5) is 16.0. The molecule has 0 radical (unpaired) electrons. The van der Waals surface area contributed by atoms with E-state index in [9.17, 15) is 4.39 Å². The van der Waals surface area contributed by atoms with Crippen LogP contribution in [0.1, 0.15) is 63.9 Å². The molecule has 4 heterocycles. The van der Waals surface area contributed by atoms with Crippen molar-refractivity contribution in [2.24, 2.45) is 5.92 Å². The Morgan fingerprint density at radius 1 is 1.02 bits per heavy atom. The lowest BCUT2D eigenvalue weighted by Crippen LogP contribution is -2.38. The molecule has 0 atom stereocenters. The average molecular weight is 553 g/mol. The highest BCUT2D eigenvalue weighted by Gasteiger charge is 2.31. The minimum Gasteiger partial charge on any atom is -0.379 e. The fourth-order valence-electron chi connectivity index (χ4n) is 6.78. The van der Waals surface area contributed by atoms with E-state index in [2.05, 4.69) is 25.0 Å². The predicted molar refractivity (Wildman–Crippen MR) is 156 cm³/mol. The zero-order valence-electron chi connectivity index (χ0n) is 23.7. The van der Waals surface area contributed by atoms with Crippen LogP contribution in [0.3, 0.4) is 0 Å². The molecule has 2 aromatic rings. The van der Waals surface area contributed by atoms with Crippen molar-refractivity contribution in [1.82, 2.24) is 14.9 Å². The maximum atomic E-state index is 15.3. The molecule has 9 heteroatoms. The normalized spacial score (nSPS) is 21.3. The second kappa shape index (κ2) is 12.4. The zero-order chi connectivity index (χ0) is 27.5. The number of nitrogens with one attached hydrogen (secondary N) is 1. The Balaban J connectivity index is 1.06. The topological polar surface area (TPSA) is 56.8 Å². The molecule has 3 fully saturated rings. The highest BCUT2D eigenvalue weighted by atomic mass is 19.1. The molecule has 6 rings (SSSR count). The molecular weight excluding hydrogens is 510 g/mol. The maximum Gasteiger partial charge on any atom is 0.229 e. The summed E-state index contributed by atoms with van der Waals surface area (Å²) in [6.45, 7) is 8.81. The molecule has 40 heavy (non-hydrogen) atoms. The van der Waals surface area contributed by atoms with Gasteiger partial charge in [0.05, 0.1) is 25.4 Å². The minimum absolute atomic E-state index is 0.113. The second-order valence-electron chi connectivity index (χ2n) is 11.8. The number of rotatable bonds is 8. The first-order valence-electron chi connectivity index (χ1n) is 15.2. The molecule has 1 aromatic carbocycles. The molecule has 1 aliphatic carbocycles. The molecule has 0 bridgehead atoms. The Morgan fingerprint density at radius 2 is 1.80 bits per heavy atom. The van der Waals surface area contributed by atoms with Crippen LogP contribution in [0, 0.1) is 11.7 Å². The fraction of sp³-hybridized carbons (Fsp3) is 0.613. The van der Waals surface area contributed by atoms with E-state index in [0.29, 0.717) is 28.9 Å². The third-order valence-corrected chi connectivity index (χ3v) is 9.28. The van der Waals surface area contributed by atoms with Gasteiger partial charge < -0.3 is 19.9 Å². The van der Waals surface area contributed by atoms with Gasteiger partial charge in [-0.1, -0.05) is 12.8 Å². The molecule has 1 aromatic heterocycles. The van der Waals surface area contributed by atoms with Crippen LogP contribution in [0.4, 0.5) is 31.9 Å². The monoisotopic (exact) mass is 552 g/mol. The first-order chi connectivity index (χ1) is 19.5. The number of halogens is 2. The minimum atomic E-state index is -0.234. The van der Waals surface area contributed by atoms with Gasteiger partial charge >= 0.3 is 0 Å². The number of piperidine rings is 1. The van der Waals surface area contributed by atoms with E-state index < -0.39 is 0 Å². The quantitative estimate of drug-likeness (QED) is 0.422. The number of ether oxygens (including phenoxy) is 1. The van der Waals surface area contributed by atoms with Crippen molar-refractivity contribution < 1.29 is 13.5 Å². The van der Waals surface area contributed by atoms with Crippen molar-refractivity contribution in [2.75, 3.05) is 67.6 Å². The van der Waals surface area contributed by atoms with Crippen LogP contribution in [0.15, 0.2) is 30.2 Å². The summed E-state index contributed by atoms with van der Waals surface area (Å²) in [5.74, 6) is 1.55. The van der Waals surface area contributed by atoms with Crippen molar-refractivity contribution in [3.8, 4) is 0 Å². The van der Waals surface area contributed by atoms with Gasteiger partial charge in [-0.2, -0.15) is 4.98 Å². The number of hydrogen-bond acceptors (Lipinski definition) is 7. The number of benzene rings is 1. The highest BCUT2D eigenvalue weighted by molar-refractivity contribution is 5.79. The molecule has 1 N–H and O–H groups in total. The smallest absolute Gasteiger partial charge is 0.229 e. The first-order valence-corrected chi connectivity index (χ1v) is 15.2. The molecular formula is C31H42F2N6O. The van der Waals surface area contributed by atoms with Gasteiger partial charge in [0.2, 0.25) is 5.95 Å². The third-order valence-electron chi connectivity index (χ3n) is 9.28. The lowest BCUT2D eigenvalue weighted by Gasteiger charge is -2.35. The van der Waals surface area contributed by atoms with Gasteiger partial charge in [0, 0.05) is 49.7 Å². The molecule has 7 nitrogen and oxygen atoms in total. The molecule has 1 saturated carbocycles. The summed E-state index contributed by atoms with van der Waals surface area (Å²) < 4.78 is 35.4. The Hall–Kier alpha value is -2.78. The van der Waals surface area contributed by atoms with Crippen LogP contribution in [-0.4, -0.2) is 73.4 Å². The van der Waals surface area contributed by atoms with Crippen LogP contribution < -0.4 is 15.1 Å². The van der Waals surface area contributed by atoms with Gasteiger partial charge in [-0.05, 0) is 81.7 Å². The fourth-order valence-corrected chi connectivity index (χ4v) is 6.78. The van der Waals surface area contributed by atoms with E-state index in [4.69, 9.17) is 9.72 Å². The second-order valence-corrected chi connectivity index (χ2v) is 11.8. The number of anilines is 4. The van der Waals surface area contributed by atoms with Gasteiger partial charge in [0.1, 0.15) is 17.5 Å². The van der Waals surface area contributed by atoms with E-state index in [1.807, 2.05) is 12.1 Å². The summed E-state index contributed by atoms with van der Waals surface area (Å²) in [5.41, 5.74) is 2.62. The number of morpholine rings is 1. The number of hydrogen-bond donors (Lipinski definition) is 1. The van der Waals surface area contributed by atoms with Crippen LogP contribution in [0.25, 0.3) is 5.57 Å². The van der Waals surface area contributed by atoms with Crippen LogP contribution in [0.5, 0.6) is 0 Å². The van der Waals surface area contributed by atoms with Crippen LogP contribution in [-0.2, 0) is 4.74 Å². The molecule has 0 unspecified atom stereocenters. The molecule has 2 saturated heterocycles. The lowest BCUT2D eigenvalue weighted by atomic mass is 9.91. The summed E-state index contributed by atoms with van der Waals surface area (Å²) >= 11 is 0. The summed E-state index contributed by atoms with van der Waals surface area (Å²) in [6.07, 6.45) is 10.8. The van der Waals surface area contributed by atoms with E-state index in [0.717, 1.165) is 102 Å². The third kappa shape index (κ3) is 6.10. The Bertz CT molecular complexity index is 1200. The molecule has 3 aliphatic heterocycles. The lowest BCUT2D eigenvalue weighted by molar-refractivity contribution is 0.0365. The highest BCUT2D eigenvalue weighted by Crippen LogP contribution is 2.38. The van der Waals surface area contributed by atoms with Crippen molar-refractivity contribution >= 4 is 28.7 Å². The van der Waals surface area contributed by atoms with Crippen molar-refractivity contribution in [2.45, 2.75) is 64.3 Å². The largest absolute Gasteiger partial charge is 0.379 e. The van der Waals surface area contributed by atoms with E-state index in [1.165, 1.54) is 18.9 Å². The molecule has 0 spiro atoms. The van der Waals surface area contributed by atoms with Crippen LogP contribution in [0.2, 0.25) is 0 Å². The molecule has 216 valence electrons. The number of aromatic nitrogens is 2. The summed E-state index contributed by atoms with van der Waals surface area (Å²) in [5, 5.41) is 3.19. The van der Waals surface area contributed by atoms with Gasteiger partial charge in [0.25, 0.3) is 0 Å². The predicted octanol–water partition coefficient (Wildman–Crippen LogP) is 6.15. The number of allylic oxidation sites excluding steroid dienone is 1. The van der Waals surface area contributed by atoms with E-state index in [1.54, 1.807) is 13.1 Å². The van der Waals surface area contributed by atoms with E-state index in [-0.39, 0.29) is 18.2 Å². The van der Waals surface area contributed by atoms with Gasteiger partial charge in [-0.15, -0.1) is 0 Å². The van der Waals surface area contributed by atoms with E-state index >= 15 is 4.39 Å². The Kier molecular flexibility index (Phi) is 8.48. The van der Waals surface area contributed by atoms with Gasteiger partial charge in [-0.25, -0.2) is 13.8 Å². The van der Waals surface area contributed by atoms with Gasteiger partial charge in [0.15, 0.2) is 0 Å². The first kappa shape index (κ1) is 27.4. The average Bonchev–Trinajstić information content (AvgIpc) is 3.51. The summed E-state index contributed by atoms with van der Waals surface area (Å²) in [7, 11) is 0. The molecule has 4 aliphatic rings. The number of nitrogens with zero attached hydrogens (tertiary/aromatic N) is 5. The zero-order valence-corrected chi connectivity index (χ0v) is 23.7. The maximum absolute atomic E-state index is 15.3. The van der Waals surface area contributed by atoms with Crippen molar-refractivity contribution in [3.05, 3.63) is 41.6 Å². The van der Waals surface area contributed by atoms with Crippen molar-refractivity contribution in [1.29, 1.82) is 0 Å². The van der Waals surface area contributed by atoms with Crippen LogP contribution >= 0.6 is 0 Å². The summed E-state index contributed by atoms with van der Waals surface area (Å²) in [6, 6.07) is 5.59. The molecule has 0 amide bonds. The standard InChI is InChI=1S/C31H42F2N6O/c1-22-26-20-34-31(36-30(26)39(21-28(22)33)25-6-2-3-7-25)35-24-8-9-29(27(32)19-24)38-13-10-23(11-14-38)5-4-12-37-15-17-40-18-16-37/h8-9,19-20,23,25H,2-7,10-18,21H2,1H3,(H,34,35,36). The van der Waals surface area contributed by atoms with Crippen molar-refractivity contribution in [3.63, 3.8) is 0 Å². The SMILES string of the molecule is CC1=C(F)CN(C2CCCC2)c2nc(Nc3ccc(N4CCC(CCCN5CCOCC5)CC4)c(F)c3)ncc21. The number of fused-ring (bicyclic) bond motifs is 1. The Labute approximate surface area is 236 Å². The Morgan fingerprint density at radius 3 is 2.55 bits per heavy atom. The van der Waals surface area contributed by atoms with Gasteiger partial charge in [-0.3, -0.25) is 4.90 Å².